The van der Waals surface area contributed by atoms with E-state index in [1.807, 2.05) is 12.1 Å². The van der Waals surface area contributed by atoms with Crippen molar-refractivity contribution in [1.82, 2.24) is 0 Å². The number of benzene rings is 2. The van der Waals surface area contributed by atoms with E-state index in [-0.39, 0.29) is 18.3 Å². The Balaban J connectivity index is 2.07. The van der Waals surface area contributed by atoms with Gasteiger partial charge >= 0.3 is 7.12 Å². The summed E-state index contributed by atoms with van der Waals surface area (Å²) in [4.78, 5) is 0. The molecule has 3 rings (SSSR count). The van der Waals surface area contributed by atoms with Crippen molar-refractivity contribution in [2.24, 2.45) is 0 Å². The molecule has 0 aromatic heterocycles. The van der Waals surface area contributed by atoms with Crippen LogP contribution in [0.1, 0.15) is 52.2 Å². The van der Waals surface area contributed by atoms with Gasteiger partial charge in [0.2, 0.25) is 0 Å². The van der Waals surface area contributed by atoms with Gasteiger partial charge in [0.15, 0.2) is 0 Å². The summed E-state index contributed by atoms with van der Waals surface area (Å²) in [5.41, 5.74) is 3.99. The lowest BCUT2D eigenvalue weighted by molar-refractivity contribution is 0.00578. The maximum Gasteiger partial charge on any atom is 0.495 e. The minimum atomic E-state index is -0.384. The van der Waals surface area contributed by atoms with Crippen LogP contribution in [0.15, 0.2) is 72.2 Å². The van der Waals surface area contributed by atoms with Crippen molar-refractivity contribution in [3.05, 3.63) is 83.3 Å². The van der Waals surface area contributed by atoms with Gasteiger partial charge in [-0.15, -0.1) is 0 Å². The lowest BCUT2D eigenvalue weighted by Gasteiger charge is -2.32. The largest absolute Gasteiger partial charge is 0.495 e. The van der Waals surface area contributed by atoms with E-state index in [0.29, 0.717) is 0 Å². The zero-order chi connectivity index (χ0) is 19.5. The second-order valence-corrected chi connectivity index (χ2v) is 7.99. The second-order valence-electron chi connectivity index (χ2n) is 7.99. The molecule has 0 aliphatic carbocycles. The van der Waals surface area contributed by atoms with Crippen molar-refractivity contribution < 1.29 is 9.31 Å². The Hall–Kier alpha value is -2.10. The molecule has 1 aliphatic heterocycles. The standard InChI is InChI=1S/C24H29BO2/c1-6-21(20-15-11-8-12-16-20)22(18-17-19-13-9-7-10-14-19)25-26-23(2,3)24(4,5)27-25/h7-18H,6H2,1-5H3/b18-17-,22-21-. The SMILES string of the molecule is CC/C(=C(\C=C/c1ccccc1)B1OC(C)(C)C(C)(C)O1)c1ccccc1. The van der Waals surface area contributed by atoms with Crippen LogP contribution in [-0.4, -0.2) is 18.3 Å². The Morgan fingerprint density at radius 3 is 1.89 bits per heavy atom. The minimum absolute atomic E-state index is 0.362. The van der Waals surface area contributed by atoms with E-state index in [4.69, 9.17) is 9.31 Å². The first-order valence-corrected chi connectivity index (χ1v) is 9.71. The molecule has 0 radical (unpaired) electrons. The fourth-order valence-electron chi connectivity index (χ4n) is 3.26. The van der Waals surface area contributed by atoms with Crippen LogP contribution >= 0.6 is 0 Å². The van der Waals surface area contributed by atoms with E-state index >= 15 is 0 Å². The predicted molar refractivity (Wildman–Crippen MR) is 115 cm³/mol. The van der Waals surface area contributed by atoms with Crippen LogP contribution in [-0.2, 0) is 9.31 Å². The monoisotopic (exact) mass is 360 g/mol. The smallest absolute Gasteiger partial charge is 0.399 e. The van der Waals surface area contributed by atoms with E-state index in [1.54, 1.807) is 0 Å². The summed E-state index contributed by atoms with van der Waals surface area (Å²) in [5.74, 6) is 0. The van der Waals surface area contributed by atoms with Gasteiger partial charge in [-0.25, -0.2) is 0 Å². The Bertz CT molecular complexity index is 804. The topological polar surface area (TPSA) is 18.5 Å². The van der Waals surface area contributed by atoms with Crippen LogP contribution in [0.3, 0.4) is 0 Å². The van der Waals surface area contributed by atoms with E-state index in [2.05, 4.69) is 95.3 Å². The van der Waals surface area contributed by atoms with E-state index in [9.17, 15) is 0 Å². The van der Waals surface area contributed by atoms with Crippen molar-refractivity contribution >= 4 is 18.8 Å². The molecule has 1 heterocycles. The van der Waals surface area contributed by atoms with Crippen LogP contribution in [0, 0.1) is 0 Å². The van der Waals surface area contributed by atoms with E-state index in [0.717, 1.165) is 17.5 Å². The van der Waals surface area contributed by atoms with Crippen LogP contribution in [0.4, 0.5) is 0 Å². The van der Waals surface area contributed by atoms with Gasteiger partial charge in [0.1, 0.15) is 0 Å². The average molecular weight is 360 g/mol. The zero-order valence-electron chi connectivity index (χ0n) is 17.0. The highest BCUT2D eigenvalue weighted by Crippen LogP contribution is 2.40. The third-order valence-corrected chi connectivity index (χ3v) is 5.59. The Morgan fingerprint density at radius 1 is 0.852 bits per heavy atom. The normalized spacial score (nSPS) is 19.4. The minimum Gasteiger partial charge on any atom is -0.399 e. The molecule has 2 nitrogen and oxygen atoms in total. The lowest BCUT2D eigenvalue weighted by Crippen LogP contribution is -2.41. The Morgan fingerprint density at radius 2 is 1.37 bits per heavy atom. The molecule has 2 aromatic rings. The first kappa shape index (κ1) is 19.7. The first-order valence-electron chi connectivity index (χ1n) is 9.71. The molecule has 0 amide bonds. The summed E-state index contributed by atoms with van der Waals surface area (Å²) in [6, 6.07) is 20.8. The van der Waals surface area contributed by atoms with Gasteiger partial charge in [-0.3, -0.25) is 0 Å². The molecule has 140 valence electrons. The maximum absolute atomic E-state index is 6.39. The molecule has 0 saturated carbocycles. The fraction of sp³-hybridized carbons (Fsp3) is 0.333. The van der Waals surface area contributed by atoms with Crippen LogP contribution in [0.25, 0.3) is 11.6 Å². The van der Waals surface area contributed by atoms with Gasteiger partial charge in [0.25, 0.3) is 0 Å². The third kappa shape index (κ3) is 4.26. The van der Waals surface area contributed by atoms with Gasteiger partial charge < -0.3 is 9.31 Å². The Kier molecular flexibility index (Phi) is 5.73. The van der Waals surface area contributed by atoms with Crippen molar-refractivity contribution in [3.63, 3.8) is 0 Å². The molecule has 0 unspecified atom stereocenters. The third-order valence-electron chi connectivity index (χ3n) is 5.59. The highest BCUT2D eigenvalue weighted by Gasteiger charge is 2.52. The first-order chi connectivity index (χ1) is 12.8. The molecule has 27 heavy (non-hydrogen) atoms. The van der Waals surface area contributed by atoms with Gasteiger partial charge in [0.05, 0.1) is 11.2 Å². The highest BCUT2D eigenvalue weighted by atomic mass is 16.7. The molecule has 3 heteroatoms. The maximum atomic E-state index is 6.39. The quantitative estimate of drug-likeness (QED) is 0.467. The Labute approximate surface area is 164 Å². The van der Waals surface area contributed by atoms with Crippen molar-refractivity contribution in [3.8, 4) is 0 Å². The lowest BCUT2D eigenvalue weighted by atomic mass is 9.72. The average Bonchev–Trinajstić information content (AvgIpc) is 2.87. The van der Waals surface area contributed by atoms with Crippen LogP contribution in [0.5, 0.6) is 0 Å². The summed E-state index contributed by atoms with van der Waals surface area (Å²) in [5, 5.41) is 0. The van der Waals surface area contributed by atoms with Gasteiger partial charge in [-0.05, 0) is 56.3 Å². The summed E-state index contributed by atoms with van der Waals surface area (Å²) < 4.78 is 12.8. The molecule has 1 aliphatic rings. The number of rotatable bonds is 5. The summed E-state index contributed by atoms with van der Waals surface area (Å²) in [6.45, 7) is 10.6. The number of allylic oxidation sites excluding steroid dienone is 3. The predicted octanol–water partition coefficient (Wildman–Crippen LogP) is 6.20. The molecule has 0 atom stereocenters. The van der Waals surface area contributed by atoms with Gasteiger partial charge in [-0.2, -0.15) is 0 Å². The van der Waals surface area contributed by atoms with Crippen LogP contribution in [0.2, 0.25) is 0 Å². The second kappa shape index (κ2) is 7.88. The zero-order valence-corrected chi connectivity index (χ0v) is 17.0. The molecular formula is C24H29BO2. The fourth-order valence-corrected chi connectivity index (χ4v) is 3.26. The number of hydrogen-bond donors (Lipinski definition) is 0. The molecule has 0 bridgehead atoms. The number of hydrogen-bond acceptors (Lipinski definition) is 2. The van der Waals surface area contributed by atoms with Crippen molar-refractivity contribution in [2.75, 3.05) is 0 Å². The van der Waals surface area contributed by atoms with E-state index in [1.165, 1.54) is 11.1 Å². The summed E-state index contributed by atoms with van der Waals surface area (Å²) in [6.07, 6.45) is 5.20. The molecule has 1 saturated heterocycles. The molecule has 0 spiro atoms. The molecular weight excluding hydrogens is 331 g/mol. The summed E-state index contributed by atoms with van der Waals surface area (Å²) in [7, 11) is -0.384. The van der Waals surface area contributed by atoms with Gasteiger partial charge in [-0.1, -0.05) is 79.7 Å². The molecule has 2 aromatic carbocycles. The van der Waals surface area contributed by atoms with E-state index < -0.39 is 0 Å². The molecule has 1 fully saturated rings. The van der Waals surface area contributed by atoms with Gasteiger partial charge in [0, 0.05) is 0 Å². The molecule has 0 N–H and O–H groups in total. The van der Waals surface area contributed by atoms with Crippen LogP contribution < -0.4 is 0 Å². The van der Waals surface area contributed by atoms with Crippen molar-refractivity contribution in [1.29, 1.82) is 0 Å². The highest BCUT2D eigenvalue weighted by molar-refractivity contribution is 6.57. The summed E-state index contributed by atoms with van der Waals surface area (Å²) >= 11 is 0. The van der Waals surface area contributed by atoms with Crippen molar-refractivity contribution in [2.45, 2.75) is 52.2 Å².